The van der Waals surface area contributed by atoms with Crippen LogP contribution in [0.2, 0.25) is 0 Å². The van der Waals surface area contributed by atoms with Crippen LogP contribution in [-0.4, -0.2) is 55.6 Å². The van der Waals surface area contributed by atoms with Crippen molar-refractivity contribution in [1.29, 1.82) is 0 Å². The Morgan fingerprint density at radius 2 is 1.53 bits per heavy atom. The smallest absolute Gasteiger partial charge is 0.255 e. The molecule has 0 spiro atoms. The molecule has 2 heterocycles. The van der Waals surface area contributed by atoms with E-state index in [9.17, 15) is 18.0 Å². The summed E-state index contributed by atoms with van der Waals surface area (Å²) in [6.45, 7) is 3.99. The Kier molecular flexibility index (Phi) is 6.62. The molecule has 7 nitrogen and oxygen atoms in total. The van der Waals surface area contributed by atoms with Crippen molar-refractivity contribution < 1.29 is 18.0 Å². The van der Waals surface area contributed by atoms with Gasteiger partial charge >= 0.3 is 0 Å². The molecule has 0 unspecified atom stereocenters. The van der Waals surface area contributed by atoms with Gasteiger partial charge in [-0.2, -0.15) is 4.31 Å². The normalized spacial score (nSPS) is 18.0. The zero-order valence-corrected chi connectivity index (χ0v) is 19.1. The number of anilines is 1. The predicted octanol–water partition coefficient (Wildman–Crippen LogP) is 3.27. The summed E-state index contributed by atoms with van der Waals surface area (Å²) < 4.78 is 27.2. The highest BCUT2D eigenvalue weighted by Gasteiger charge is 2.32. The quantitative estimate of drug-likeness (QED) is 0.750. The molecule has 8 heteroatoms. The van der Waals surface area contributed by atoms with Crippen LogP contribution in [0.5, 0.6) is 0 Å². The highest BCUT2D eigenvalue weighted by Crippen LogP contribution is 2.26. The average molecular weight is 456 g/mol. The summed E-state index contributed by atoms with van der Waals surface area (Å²) in [5.74, 6) is -0.522. The summed E-state index contributed by atoms with van der Waals surface area (Å²) in [4.78, 5) is 27.9. The number of hydrogen-bond acceptors (Lipinski definition) is 4. The van der Waals surface area contributed by atoms with Gasteiger partial charge in [-0.05, 0) is 56.9 Å². The minimum absolute atomic E-state index is 0.0580. The molecule has 0 aromatic heterocycles. The molecule has 2 aromatic carbocycles. The standard InChI is InChI=1S/C24H29N3O4S/c1-18-8-10-20(11-9-18)32(30,31)27-16-12-19(13-17-27)23(28)25-22-7-3-2-6-21(22)24(29)26-14-4-5-15-26/h2-3,6-11,19H,4-5,12-17H2,1H3,(H,25,28). The van der Waals surface area contributed by atoms with Gasteiger partial charge in [0.2, 0.25) is 15.9 Å². The highest BCUT2D eigenvalue weighted by atomic mass is 32.2. The van der Waals surface area contributed by atoms with Crippen molar-refractivity contribution in [2.24, 2.45) is 5.92 Å². The molecule has 1 N–H and O–H groups in total. The average Bonchev–Trinajstić information content (AvgIpc) is 3.34. The summed E-state index contributed by atoms with van der Waals surface area (Å²) >= 11 is 0. The number of benzene rings is 2. The van der Waals surface area contributed by atoms with E-state index in [-0.39, 0.29) is 22.6 Å². The van der Waals surface area contributed by atoms with Crippen LogP contribution in [0.4, 0.5) is 5.69 Å². The zero-order valence-electron chi connectivity index (χ0n) is 18.3. The van der Waals surface area contributed by atoms with E-state index in [2.05, 4.69) is 5.32 Å². The van der Waals surface area contributed by atoms with Gasteiger partial charge in [-0.3, -0.25) is 9.59 Å². The van der Waals surface area contributed by atoms with Crippen molar-refractivity contribution in [2.45, 2.75) is 37.5 Å². The molecule has 170 valence electrons. The second-order valence-corrected chi connectivity index (χ2v) is 10.5. The van der Waals surface area contributed by atoms with Crippen molar-refractivity contribution in [1.82, 2.24) is 9.21 Å². The summed E-state index contributed by atoms with van der Waals surface area (Å²) in [5.41, 5.74) is 2.02. The van der Waals surface area contributed by atoms with Gasteiger partial charge in [0.05, 0.1) is 16.1 Å². The van der Waals surface area contributed by atoms with Crippen LogP contribution in [0.1, 0.15) is 41.6 Å². The summed E-state index contributed by atoms with van der Waals surface area (Å²) in [6, 6.07) is 13.9. The van der Waals surface area contributed by atoms with Gasteiger partial charge in [-0.25, -0.2) is 8.42 Å². The molecule has 2 aliphatic rings. The van der Waals surface area contributed by atoms with E-state index in [1.54, 1.807) is 48.5 Å². The Balaban J connectivity index is 1.39. The van der Waals surface area contributed by atoms with E-state index >= 15 is 0 Å². The van der Waals surface area contributed by atoms with E-state index in [4.69, 9.17) is 0 Å². The fourth-order valence-electron chi connectivity index (χ4n) is 4.32. The van der Waals surface area contributed by atoms with Crippen LogP contribution >= 0.6 is 0 Å². The summed E-state index contributed by atoms with van der Waals surface area (Å²) in [5, 5.41) is 2.92. The maximum Gasteiger partial charge on any atom is 0.255 e. The van der Waals surface area contributed by atoms with Crippen LogP contribution in [0.25, 0.3) is 0 Å². The number of piperidine rings is 1. The molecule has 0 bridgehead atoms. The van der Waals surface area contributed by atoms with Gasteiger partial charge in [-0.1, -0.05) is 29.8 Å². The van der Waals surface area contributed by atoms with Crippen LogP contribution in [-0.2, 0) is 14.8 Å². The lowest BCUT2D eigenvalue weighted by Crippen LogP contribution is -2.41. The molecule has 0 aliphatic carbocycles. The minimum atomic E-state index is -3.56. The Labute approximate surface area is 189 Å². The molecule has 2 fully saturated rings. The van der Waals surface area contributed by atoms with Crippen molar-refractivity contribution in [3.8, 4) is 0 Å². The van der Waals surface area contributed by atoms with Crippen molar-refractivity contribution >= 4 is 27.5 Å². The van der Waals surface area contributed by atoms with Crippen molar-refractivity contribution in [2.75, 3.05) is 31.5 Å². The number of aryl methyl sites for hydroxylation is 1. The first kappa shape index (κ1) is 22.5. The molecular formula is C24H29N3O4S. The van der Waals surface area contributed by atoms with Gasteiger partial charge in [0, 0.05) is 32.1 Å². The summed E-state index contributed by atoms with van der Waals surface area (Å²) in [7, 11) is -3.56. The Morgan fingerprint density at radius 3 is 2.19 bits per heavy atom. The lowest BCUT2D eigenvalue weighted by atomic mass is 9.97. The van der Waals surface area contributed by atoms with E-state index in [0.717, 1.165) is 31.5 Å². The number of likely N-dealkylation sites (tertiary alicyclic amines) is 1. The highest BCUT2D eigenvalue weighted by molar-refractivity contribution is 7.89. The zero-order chi connectivity index (χ0) is 22.7. The van der Waals surface area contributed by atoms with Gasteiger partial charge in [0.1, 0.15) is 0 Å². The predicted molar refractivity (Wildman–Crippen MR) is 123 cm³/mol. The van der Waals surface area contributed by atoms with Gasteiger partial charge in [0.25, 0.3) is 5.91 Å². The first-order valence-corrected chi connectivity index (χ1v) is 12.6. The third-order valence-corrected chi connectivity index (χ3v) is 8.20. The fourth-order valence-corrected chi connectivity index (χ4v) is 5.79. The van der Waals surface area contributed by atoms with E-state index in [1.165, 1.54) is 4.31 Å². The molecule has 0 saturated carbocycles. The number of sulfonamides is 1. The number of rotatable bonds is 5. The number of nitrogens with zero attached hydrogens (tertiary/aromatic N) is 2. The van der Waals surface area contributed by atoms with Crippen LogP contribution < -0.4 is 5.32 Å². The minimum Gasteiger partial charge on any atom is -0.339 e. The van der Waals surface area contributed by atoms with Crippen molar-refractivity contribution in [3.05, 3.63) is 59.7 Å². The number of hydrogen-bond donors (Lipinski definition) is 1. The number of amides is 2. The molecule has 2 aromatic rings. The first-order chi connectivity index (χ1) is 15.4. The third-order valence-electron chi connectivity index (χ3n) is 6.29. The molecule has 2 saturated heterocycles. The maximum absolute atomic E-state index is 12.9. The van der Waals surface area contributed by atoms with Gasteiger partial charge in [0.15, 0.2) is 0 Å². The second-order valence-electron chi connectivity index (χ2n) is 8.53. The molecule has 32 heavy (non-hydrogen) atoms. The van der Waals surface area contributed by atoms with Crippen LogP contribution in [0, 0.1) is 12.8 Å². The monoisotopic (exact) mass is 455 g/mol. The second kappa shape index (κ2) is 9.42. The van der Waals surface area contributed by atoms with Gasteiger partial charge in [-0.15, -0.1) is 0 Å². The molecular weight excluding hydrogens is 426 g/mol. The number of para-hydroxylation sites is 1. The third kappa shape index (κ3) is 4.71. The van der Waals surface area contributed by atoms with Crippen LogP contribution in [0.3, 0.4) is 0 Å². The largest absolute Gasteiger partial charge is 0.339 e. The maximum atomic E-state index is 12.9. The van der Waals surface area contributed by atoms with Gasteiger partial charge < -0.3 is 10.2 Å². The molecule has 2 aliphatic heterocycles. The molecule has 0 radical (unpaired) electrons. The van der Waals surface area contributed by atoms with E-state index < -0.39 is 10.0 Å². The van der Waals surface area contributed by atoms with Crippen LogP contribution in [0.15, 0.2) is 53.4 Å². The number of nitrogens with one attached hydrogen (secondary N) is 1. The Bertz CT molecular complexity index is 1080. The Morgan fingerprint density at radius 1 is 0.906 bits per heavy atom. The van der Waals surface area contributed by atoms with E-state index in [0.29, 0.717) is 37.2 Å². The lowest BCUT2D eigenvalue weighted by molar-refractivity contribution is -0.120. The lowest BCUT2D eigenvalue weighted by Gasteiger charge is -2.30. The van der Waals surface area contributed by atoms with E-state index in [1.807, 2.05) is 11.8 Å². The SMILES string of the molecule is Cc1ccc(S(=O)(=O)N2CCC(C(=O)Nc3ccccc3C(=O)N3CCCC3)CC2)cc1. The van der Waals surface area contributed by atoms with Crippen molar-refractivity contribution in [3.63, 3.8) is 0 Å². The molecule has 0 atom stereocenters. The Hall–Kier alpha value is -2.71. The molecule has 2 amide bonds. The topological polar surface area (TPSA) is 86.8 Å². The number of carbonyl (C=O) groups excluding carboxylic acids is 2. The molecule has 4 rings (SSSR count). The fraction of sp³-hybridized carbons (Fsp3) is 0.417. The first-order valence-electron chi connectivity index (χ1n) is 11.1. The summed E-state index contributed by atoms with van der Waals surface area (Å²) in [6.07, 6.45) is 2.90. The number of carbonyl (C=O) groups is 2.